The molecular weight excluding hydrogens is 348 g/mol. The Labute approximate surface area is 148 Å². The SMILES string of the molecule is CC1=C(Cl)C(=O)C(C(C)C)=C/C1=N\OC(=O)c1ccc([N+](=O)[O-])cc1. The number of carbonyl (C=O) groups excluding carboxylic acids is 2. The van der Waals surface area contributed by atoms with Gasteiger partial charge in [0.15, 0.2) is 0 Å². The fraction of sp³-hybridized carbons (Fsp3) is 0.235. The molecule has 2 rings (SSSR count). The molecule has 0 aliphatic heterocycles. The molecule has 7 nitrogen and oxygen atoms in total. The van der Waals surface area contributed by atoms with Crippen LogP contribution in [0.1, 0.15) is 31.1 Å². The van der Waals surface area contributed by atoms with Crippen molar-refractivity contribution >= 4 is 34.8 Å². The van der Waals surface area contributed by atoms with E-state index in [1.807, 2.05) is 13.8 Å². The Kier molecular flexibility index (Phi) is 5.48. The van der Waals surface area contributed by atoms with Crippen LogP contribution in [0, 0.1) is 16.0 Å². The van der Waals surface area contributed by atoms with E-state index >= 15 is 0 Å². The van der Waals surface area contributed by atoms with E-state index in [9.17, 15) is 19.7 Å². The molecule has 0 spiro atoms. The Morgan fingerprint density at radius 1 is 1.28 bits per heavy atom. The van der Waals surface area contributed by atoms with Crippen LogP contribution in [0.3, 0.4) is 0 Å². The minimum absolute atomic E-state index is 0.0383. The van der Waals surface area contributed by atoms with Gasteiger partial charge < -0.3 is 4.84 Å². The van der Waals surface area contributed by atoms with Crippen LogP contribution in [0.2, 0.25) is 0 Å². The van der Waals surface area contributed by atoms with Crippen LogP contribution in [-0.2, 0) is 9.63 Å². The normalized spacial score (nSPS) is 16.3. The third kappa shape index (κ3) is 4.00. The van der Waals surface area contributed by atoms with Crippen molar-refractivity contribution in [1.29, 1.82) is 0 Å². The molecule has 1 aromatic rings. The second-order valence-electron chi connectivity index (χ2n) is 5.68. The zero-order valence-corrected chi connectivity index (χ0v) is 14.5. The maximum atomic E-state index is 12.1. The highest BCUT2D eigenvalue weighted by atomic mass is 35.5. The minimum Gasteiger partial charge on any atom is -0.312 e. The number of halogens is 1. The summed E-state index contributed by atoms with van der Waals surface area (Å²) in [4.78, 5) is 39.0. The molecule has 0 fully saturated rings. The van der Waals surface area contributed by atoms with Crippen LogP contribution in [0.5, 0.6) is 0 Å². The second kappa shape index (κ2) is 7.40. The molecule has 0 N–H and O–H groups in total. The number of Topliss-reactive ketones (excluding diaryl/α,β-unsaturated/α-hetero) is 1. The van der Waals surface area contributed by atoms with Gasteiger partial charge in [-0.2, -0.15) is 0 Å². The first-order valence-corrected chi connectivity index (χ1v) is 7.77. The summed E-state index contributed by atoms with van der Waals surface area (Å²) in [6.07, 6.45) is 1.54. The van der Waals surface area contributed by atoms with Gasteiger partial charge in [0.1, 0.15) is 5.71 Å². The molecule has 8 heteroatoms. The highest BCUT2D eigenvalue weighted by Gasteiger charge is 2.26. The highest BCUT2D eigenvalue weighted by molar-refractivity contribution is 6.49. The monoisotopic (exact) mass is 362 g/mol. The summed E-state index contributed by atoms with van der Waals surface area (Å²) < 4.78 is 0. The predicted octanol–water partition coefficient (Wildman–Crippen LogP) is 3.79. The molecule has 1 aliphatic rings. The van der Waals surface area contributed by atoms with Gasteiger partial charge in [-0.25, -0.2) is 4.79 Å². The van der Waals surface area contributed by atoms with Crippen LogP contribution in [0.15, 0.2) is 51.7 Å². The van der Waals surface area contributed by atoms with Gasteiger partial charge in [0.05, 0.1) is 15.5 Å². The number of allylic oxidation sites excluding steroid dienone is 4. The summed E-state index contributed by atoms with van der Waals surface area (Å²) in [6.45, 7) is 5.29. The van der Waals surface area contributed by atoms with Gasteiger partial charge in [-0.1, -0.05) is 30.6 Å². The van der Waals surface area contributed by atoms with Gasteiger partial charge in [0.25, 0.3) is 5.69 Å². The molecule has 0 aromatic heterocycles. The fourth-order valence-corrected chi connectivity index (χ4v) is 2.32. The van der Waals surface area contributed by atoms with Crippen LogP contribution < -0.4 is 0 Å². The lowest BCUT2D eigenvalue weighted by molar-refractivity contribution is -0.384. The number of carbonyl (C=O) groups is 2. The molecule has 0 radical (unpaired) electrons. The zero-order chi connectivity index (χ0) is 18.7. The first-order chi connectivity index (χ1) is 11.7. The molecule has 1 aliphatic carbocycles. The predicted molar refractivity (Wildman–Crippen MR) is 92.4 cm³/mol. The summed E-state index contributed by atoms with van der Waals surface area (Å²) in [5, 5.41) is 14.4. The maximum Gasteiger partial charge on any atom is 0.365 e. The Morgan fingerprint density at radius 3 is 2.40 bits per heavy atom. The number of nitro groups is 1. The fourth-order valence-electron chi connectivity index (χ4n) is 2.12. The summed E-state index contributed by atoms with van der Waals surface area (Å²) >= 11 is 6.03. The van der Waals surface area contributed by atoms with E-state index < -0.39 is 10.9 Å². The lowest BCUT2D eigenvalue weighted by Crippen LogP contribution is -2.19. The third-order valence-electron chi connectivity index (χ3n) is 3.63. The van der Waals surface area contributed by atoms with Gasteiger partial charge >= 0.3 is 5.97 Å². The molecule has 0 saturated heterocycles. The number of rotatable bonds is 4. The van der Waals surface area contributed by atoms with E-state index in [1.54, 1.807) is 6.92 Å². The maximum absolute atomic E-state index is 12.1. The molecule has 0 bridgehead atoms. The minimum atomic E-state index is -0.775. The van der Waals surface area contributed by atoms with Gasteiger partial charge in [0.2, 0.25) is 5.78 Å². The van der Waals surface area contributed by atoms with Crippen molar-refractivity contribution in [3.8, 4) is 0 Å². The average molecular weight is 363 g/mol. The van der Waals surface area contributed by atoms with Crippen LogP contribution in [-0.4, -0.2) is 22.4 Å². The Morgan fingerprint density at radius 2 is 1.88 bits per heavy atom. The molecule has 0 heterocycles. The number of oxime groups is 1. The first kappa shape index (κ1) is 18.5. The summed E-state index contributed by atoms with van der Waals surface area (Å²) in [6, 6.07) is 4.94. The summed E-state index contributed by atoms with van der Waals surface area (Å²) in [5.74, 6) is -1.11. The van der Waals surface area contributed by atoms with Gasteiger partial charge in [-0.15, -0.1) is 0 Å². The summed E-state index contributed by atoms with van der Waals surface area (Å²) in [7, 11) is 0. The van der Waals surface area contributed by atoms with E-state index in [1.165, 1.54) is 30.3 Å². The second-order valence-corrected chi connectivity index (χ2v) is 6.06. The number of hydrogen-bond acceptors (Lipinski definition) is 6. The number of benzene rings is 1. The molecule has 0 saturated carbocycles. The van der Waals surface area contributed by atoms with Gasteiger partial charge in [0, 0.05) is 23.3 Å². The number of ketones is 1. The topological polar surface area (TPSA) is 98.9 Å². The smallest absolute Gasteiger partial charge is 0.312 e. The van der Waals surface area contributed by atoms with Crippen molar-refractivity contribution in [2.45, 2.75) is 20.8 Å². The molecule has 25 heavy (non-hydrogen) atoms. The Balaban J connectivity index is 2.23. The van der Waals surface area contributed by atoms with Crippen molar-refractivity contribution in [1.82, 2.24) is 0 Å². The average Bonchev–Trinajstić information content (AvgIpc) is 2.58. The number of non-ortho nitro benzene ring substituents is 1. The van der Waals surface area contributed by atoms with Crippen molar-refractivity contribution in [2.75, 3.05) is 0 Å². The molecule has 0 amide bonds. The van der Waals surface area contributed by atoms with Crippen molar-refractivity contribution in [2.24, 2.45) is 11.1 Å². The zero-order valence-electron chi connectivity index (χ0n) is 13.8. The van der Waals surface area contributed by atoms with Crippen molar-refractivity contribution < 1.29 is 19.3 Å². The number of nitro benzene ring substituents is 1. The van der Waals surface area contributed by atoms with Crippen LogP contribution >= 0.6 is 11.6 Å². The van der Waals surface area contributed by atoms with Crippen LogP contribution in [0.4, 0.5) is 5.69 Å². The lowest BCUT2D eigenvalue weighted by Gasteiger charge is -2.17. The number of hydrogen-bond donors (Lipinski definition) is 0. The van der Waals surface area contributed by atoms with E-state index in [4.69, 9.17) is 16.4 Å². The highest BCUT2D eigenvalue weighted by Crippen LogP contribution is 2.27. The molecule has 0 atom stereocenters. The lowest BCUT2D eigenvalue weighted by atomic mass is 9.90. The molecule has 0 unspecified atom stereocenters. The van der Waals surface area contributed by atoms with Gasteiger partial charge in [-0.3, -0.25) is 14.9 Å². The number of nitrogens with zero attached hydrogens (tertiary/aromatic N) is 2. The van der Waals surface area contributed by atoms with Crippen molar-refractivity contribution in [3.05, 3.63) is 62.2 Å². The summed E-state index contributed by atoms with van der Waals surface area (Å²) in [5.41, 5.74) is 1.14. The van der Waals surface area contributed by atoms with E-state index in [0.29, 0.717) is 11.1 Å². The van der Waals surface area contributed by atoms with Gasteiger partial charge in [-0.05, 0) is 31.1 Å². The van der Waals surface area contributed by atoms with E-state index in [-0.39, 0.29) is 33.7 Å². The molecular formula is C17H15ClN2O5. The molecule has 1 aromatic carbocycles. The molecule has 130 valence electrons. The van der Waals surface area contributed by atoms with Crippen LogP contribution in [0.25, 0.3) is 0 Å². The standard InChI is InChI=1S/C17H15ClN2O5/c1-9(2)13-8-14(10(3)15(18)16(13)21)19-25-17(22)11-4-6-12(7-5-11)20(23)24/h4-9H,1-3H3/b19-14+. The third-order valence-corrected chi connectivity index (χ3v) is 4.09. The Hall–Kier alpha value is -2.80. The van der Waals surface area contributed by atoms with Crippen molar-refractivity contribution in [3.63, 3.8) is 0 Å². The van der Waals surface area contributed by atoms with E-state index in [2.05, 4.69) is 5.16 Å². The first-order valence-electron chi connectivity index (χ1n) is 7.39. The Bertz CT molecular complexity index is 835. The largest absolute Gasteiger partial charge is 0.365 e. The van der Waals surface area contributed by atoms with E-state index in [0.717, 1.165) is 0 Å². The quantitative estimate of drug-likeness (QED) is 0.351.